The van der Waals surface area contributed by atoms with E-state index in [1.165, 1.54) is 7.11 Å². The number of para-hydroxylation sites is 1. The monoisotopic (exact) mass is 268 g/mol. The number of hydrogen-bond acceptors (Lipinski definition) is 4. The molecule has 16 heavy (non-hydrogen) atoms. The van der Waals surface area contributed by atoms with Crippen molar-refractivity contribution in [2.24, 2.45) is 11.5 Å². The van der Waals surface area contributed by atoms with Crippen LogP contribution < -0.4 is 45.8 Å². The molecule has 0 saturated heterocycles. The van der Waals surface area contributed by atoms with Gasteiger partial charge < -0.3 is 22.4 Å². The number of methoxy groups -OCH3 is 1. The van der Waals surface area contributed by atoms with Crippen LogP contribution in [0.5, 0.6) is 5.75 Å². The van der Waals surface area contributed by atoms with Crippen LogP contribution >= 0.6 is 24.4 Å². The average molecular weight is 268 g/mol. The molecular formula is C9H13N2NaO2S2. The van der Waals surface area contributed by atoms with Crippen molar-refractivity contribution in [3.8, 4) is 5.75 Å². The maximum Gasteiger partial charge on any atom is 1.00 e. The van der Waals surface area contributed by atoms with Crippen molar-refractivity contribution < 1.29 is 40.5 Å². The number of rotatable bonds is 1. The number of benzene rings is 1. The molecule has 0 spiro atoms. The van der Waals surface area contributed by atoms with Crippen molar-refractivity contribution >= 4 is 34.8 Å². The Morgan fingerprint density at radius 1 is 1.12 bits per heavy atom. The maximum atomic E-state index is 5.13. The molecule has 0 unspecified atom stereocenters. The van der Waals surface area contributed by atoms with E-state index in [2.05, 4.69) is 29.2 Å². The van der Waals surface area contributed by atoms with E-state index in [1.807, 2.05) is 18.2 Å². The van der Waals surface area contributed by atoms with Gasteiger partial charge in [-0.3, -0.25) is 0 Å². The van der Waals surface area contributed by atoms with Gasteiger partial charge in [-0.25, -0.2) is 0 Å². The Morgan fingerprint density at radius 2 is 1.56 bits per heavy atom. The van der Waals surface area contributed by atoms with Gasteiger partial charge in [-0.15, -0.1) is 0 Å². The Balaban J connectivity index is -0.000000247. The number of ether oxygens (including phenoxy) is 2. The van der Waals surface area contributed by atoms with Crippen LogP contribution in [0.1, 0.15) is 1.43 Å². The fourth-order valence-corrected chi connectivity index (χ4v) is 0.701. The van der Waals surface area contributed by atoms with Crippen LogP contribution in [0.15, 0.2) is 30.3 Å². The van der Waals surface area contributed by atoms with Gasteiger partial charge in [-0.05, 0) is 36.6 Å². The smallest absolute Gasteiger partial charge is 1.00 e. The van der Waals surface area contributed by atoms with Crippen LogP contribution in [-0.2, 0) is 4.74 Å². The Morgan fingerprint density at radius 3 is 1.88 bits per heavy atom. The van der Waals surface area contributed by atoms with Gasteiger partial charge in [0.25, 0.3) is 10.3 Å². The van der Waals surface area contributed by atoms with Crippen molar-refractivity contribution in [2.75, 3.05) is 7.11 Å². The summed E-state index contributed by atoms with van der Waals surface area (Å²) in [6, 6.07) is 9.19. The van der Waals surface area contributed by atoms with Gasteiger partial charge in [0.2, 0.25) is 0 Å². The third-order valence-electron chi connectivity index (χ3n) is 1.16. The first-order chi connectivity index (χ1) is 7.06. The van der Waals surface area contributed by atoms with Gasteiger partial charge in [0.15, 0.2) is 0 Å². The largest absolute Gasteiger partial charge is 1.00 e. The van der Waals surface area contributed by atoms with Crippen LogP contribution in [0.2, 0.25) is 0 Å². The van der Waals surface area contributed by atoms with Crippen LogP contribution in [0.4, 0.5) is 0 Å². The van der Waals surface area contributed by atoms with Gasteiger partial charge >= 0.3 is 29.6 Å². The molecule has 0 bridgehead atoms. The minimum Gasteiger partial charge on any atom is -1.00 e. The van der Waals surface area contributed by atoms with Crippen LogP contribution in [-0.4, -0.2) is 17.5 Å². The molecule has 0 radical (unpaired) electrons. The van der Waals surface area contributed by atoms with Crippen molar-refractivity contribution in [2.45, 2.75) is 0 Å². The van der Waals surface area contributed by atoms with Gasteiger partial charge in [0.05, 0.1) is 7.11 Å². The van der Waals surface area contributed by atoms with E-state index in [0.29, 0.717) is 5.75 Å². The molecule has 7 heteroatoms. The Labute approximate surface area is 129 Å². The molecule has 0 heterocycles. The standard InChI is InChI=1S/C7H7NOS.C2H5NOS.Na.H/c8-7(10)9-6-4-2-1-3-5-6;1-4-2(3)5;;/h1-5H,(H2,8,10);1H3,(H2,3,5);;/q;;+1;-1. The first-order valence-electron chi connectivity index (χ1n) is 3.92. The van der Waals surface area contributed by atoms with E-state index < -0.39 is 0 Å². The zero-order valence-electron chi connectivity index (χ0n) is 10.2. The number of nitrogens with two attached hydrogens (primary N) is 2. The Kier molecular flexibility index (Phi) is 12.5. The third kappa shape index (κ3) is 11.7. The second kappa shape index (κ2) is 11.1. The van der Waals surface area contributed by atoms with Crippen molar-refractivity contribution in [3.63, 3.8) is 0 Å². The summed E-state index contributed by atoms with van der Waals surface area (Å²) < 4.78 is 9.18. The minimum atomic E-state index is 0. The molecule has 0 aliphatic carbocycles. The van der Waals surface area contributed by atoms with Crippen LogP contribution in [0.25, 0.3) is 0 Å². The molecule has 0 aliphatic heterocycles. The first-order valence-corrected chi connectivity index (χ1v) is 4.73. The molecule has 0 aliphatic rings. The van der Waals surface area contributed by atoms with Crippen molar-refractivity contribution in [1.82, 2.24) is 0 Å². The maximum absolute atomic E-state index is 5.13. The number of thiocarbonyl (C=S) groups is 2. The molecule has 0 aromatic heterocycles. The molecule has 0 saturated carbocycles. The molecule has 84 valence electrons. The second-order valence-corrected chi connectivity index (χ2v) is 3.06. The molecule has 4 N–H and O–H groups in total. The van der Waals surface area contributed by atoms with Crippen LogP contribution in [0.3, 0.4) is 0 Å². The van der Waals surface area contributed by atoms with Crippen molar-refractivity contribution in [1.29, 1.82) is 0 Å². The molecule has 0 atom stereocenters. The molecule has 0 fully saturated rings. The molecule has 1 rings (SSSR count). The van der Waals surface area contributed by atoms with Crippen molar-refractivity contribution in [3.05, 3.63) is 30.3 Å². The van der Waals surface area contributed by atoms with Gasteiger partial charge in [-0.2, -0.15) is 0 Å². The topological polar surface area (TPSA) is 70.5 Å². The summed E-state index contributed by atoms with van der Waals surface area (Å²) in [5.74, 6) is 0.676. The van der Waals surface area contributed by atoms with E-state index in [9.17, 15) is 0 Å². The molecule has 1 aromatic rings. The van der Waals surface area contributed by atoms with E-state index in [0.717, 1.165) is 0 Å². The van der Waals surface area contributed by atoms with Gasteiger partial charge in [-0.1, -0.05) is 18.2 Å². The number of hydrogen-bond donors (Lipinski definition) is 2. The molecule has 1 aromatic carbocycles. The second-order valence-electron chi connectivity index (χ2n) is 2.26. The summed E-state index contributed by atoms with van der Waals surface area (Å²) in [7, 11) is 1.43. The summed E-state index contributed by atoms with van der Waals surface area (Å²) in [5.41, 5.74) is 9.93. The predicted molar refractivity (Wildman–Crippen MR) is 68.8 cm³/mol. The summed E-state index contributed by atoms with van der Waals surface area (Å²) in [6.07, 6.45) is 0. The van der Waals surface area contributed by atoms with E-state index >= 15 is 0 Å². The fraction of sp³-hybridized carbons (Fsp3) is 0.111. The summed E-state index contributed by atoms with van der Waals surface area (Å²) >= 11 is 8.79. The fourth-order valence-electron chi connectivity index (χ4n) is 0.605. The van der Waals surface area contributed by atoms with Gasteiger partial charge in [0, 0.05) is 0 Å². The minimum absolute atomic E-state index is 0. The van der Waals surface area contributed by atoms with E-state index in [1.54, 1.807) is 12.1 Å². The Hall–Kier alpha value is -0.400. The zero-order valence-corrected chi connectivity index (χ0v) is 12.8. The molecular weight excluding hydrogens is 255 g/mol. The Bertz CT molecular complexity index is 328. The average Bonchev–Trinajstić information content (AvgIpc) is 2.19. The first kappa shape index (κ1) is 18.0. The van der Waals surface area contributed by atoms with E-state index in [4.69, 9.17) is 16.2 Å². The molecule has 4 nitrogen and oxygen atoms in total. The van der Waals surface area contributed by atoms with Gasteiger partial charge in [0.1, 0.15) is 5.75 Å². The predicted octanol–water partition coefficient (Wildman–Crippen LogP) is -1.70. The normalized spacial score (nSPS) is 7.56. The van der Waals surface area contributed by atoms with E-state index in [-0.39, 0.29) is 41.3 Å². The SMILES string of the molecule is COC(N)=S.NC(=S)Oc1ccccc1.[H-].[Na+]. The zero-order chi connectivity index (χ0) is 11.7. The third-order valence-corrected chi connectivity index (χ3v) is 1.41. The summed E-state index contributed by atoms with van der Waals surface area (Å²) in [5, 5.41) is 0.135. The molecule has 0 amide bonds. The van der Waals surface area contributed by atoms with Crippen LogP contribution in [0, 0.1) is 0 Å². The summed E-state index contributed by atoms with van der Waals surface area (Å²) in [4.78, 5) is 0. The quantitative estimate of drug-likeness (QED) is 0.467. The summed E-state index contributed by atoms with van der Waals surface area (Å²) in [6.45, 7) is 0.